The van der Waals surface area contributed by atoms with Crippen molar-refractivity contribution >= 4 is 14.8 Å². The summed E-state index contributed by atoms with van der Waals surface area (Å²) in [6.07, 6.45) is 0. The molecule has 0 spiro atoms. The molecule has 122 valence electrons. The van der Waals surface area contributed by atoms with Crippen molar-refractivity contribution in [1.82, 2.24) is 0 Å². The average Bonchev–Trinajstić information content (AvgIpc) is 2.55. The third kappa shape index (κ3) is 3.65. The van der Waals surface area contributed by atoms with Crippen LogP contribution in [0.5, 0.6) is 11.5 Å². The first-order valence-corrected chi connectivity index (χ1v) is 8.67. The summed E-state index contributed by atoms with van der Waals surface area (Å²) in [7, 11) is 1.67. The van der Waals surface area contributed by atoms with Gasteiger partial charge in [0, 0.05) is 5.41 Å². The number of aromatic hydroxyl groups is 1. The summed E-state index contributed by atoms with van der Waals surface area (Å²) in [5.41, 5.74) is 1.87. The summed E-state index contributed by atoms with van der Waals surface area (Å²) < 4.78 is 10.2. The lowest BCUT2D eigenvalue weighted by Gasteiger charge is -2.27. The van der Waals surface area contributed by atoms with Crippen LogP contribution in [0.25, 0.3) is 0 Å². The molecule has 1 N–H and O–H groups in total. The molecule has 23 heavy (non-hydrogen) atoms. The van der Waals surface area contributed by atoms with Gasteiger partial charge in [-0.3, -0.25) is 0 Å². The number of ether oxygens (including phenoxy) is 1. The van der Waals surface area contributed by atoms with Gasteiger partial charge in [-0.05, 0) is 42.1 Å². The SMILES string of the molecule is COc1ccc(C(C)(C)c2ccc(O)c(C(=O)OPC)c2)cc1. The number of rotatable bonds is 5. The second-order valence-corrected chi connectivity index (χ2v) is 6.29. The Morgan fingerprint density at radius 3 is 2.26 bits per heavy atom. The summed E-state index contributed by atoms with van der Waals surface area (Å²) in [6.45, 7) is 5.90. The van der Waals surface area contributed by atoms with Crippen molar-refractivity contribution in [2.24, 2.45) is 0 Å². The van der Waals surface area contributed by atoms with Crippen LogP contribution in [0.15, 0.2) is 42.5 Å². The Bertz CT molecular complexity index is 693. The Morgan fingerprint density at radius 2 is 1.70 bits per heavy atom. The standard InChI is InChI=1S/C18H21O4P/c1-18(2,12-5-8-14(21-3)9-6-12)13-7-10-16(19)15(11-13)17(20)22-23-4/h5-11,19,23H,1-4H3. The Labute approximate surface area is 138 Å². The van der Waals surface area contributed by atoms with E-state index < -0.39 is 5.97 Å². The molecule has 0 aliphatic heterocycles. The zero-order valence-electron chi connectivity index (χ0n) is 13.7. The number of benzene rings is 2. The molecule has 2 aromatic rings. The van der Waals surface area contributed by atoms with Gasteiger partial charge < -0.3 is 14.4 Å². The quantitative estimate of drug-likeness (QED) is 0.837. The van der Waals surface area contributed by atoms with E-state index in [2.05, 4.69) is 13.8 Å². The van der Waals surface area contributed by atoms with Gasteiger partial charge in [0.2, 0.25) is 0 Å². The van der Waals surface area contributed by atoms with E-state index in [-0.39, 0.29) is 25.5 Å². The van der Waals surface area contributed by atoms with Crippen LogP contribution in [0.4, 0.5) is 0 Å². The Balaban J connectivity index is 2.42. The molecule has 0 aliphatic rings. The summed E-state index contributed by atoms with van der Waals surface area (Å²) in [6, 6.07) is 12.9. The molecular weight excluding hydrogens is 311 g/mol. The van der Waals surface area contributed by atoms with Crippen LogP contribution in [-0.2, 0) is 9.94 Å². The maximum Gasteiger partial charge on any atom is 0.344 e. The van der Waals surface area contributed by atoms with Gasteiger partial charge in [0.05, 0.1) is 15.9 Å². The first-order chi connectivity index (χ1) is 10.9. The molecule has 0 aliphatic carbocycles. The normalized spacial score (nSPS) is 11.7. The molecule has 0 aromatic heterocycles. The second-order valence-electron chi connectivity index (χ2n) is 5.68. The van der Waals surface area contributed by atoms with Crippen molar-refractivity contribution in [3.8, 4) is 11.5 Å². The fourth-order valence-corrected chi connectivity index (χ4v) is 2.71. The van der Waals surface area contributed by atoms with Crippen LogP contribution in [0.2, 0.25) is 0 Å². The highest BCUT2D eigenvalue weighted by molar-refractivity contribution is 7.31. The number of hydrogen-bond donors (Lipinski definition) is 1. The van der Waals surface area contributed by atoms with Gasteiger partial charge >= 0.3 is 5.97 Å². The maximum absolute atomic E-state index is 12.0. The monoisotopic (exact) mass is 332 g/mol. The molecule has 1 unspecified atom stereocenters. The van der Waals surface area contributed by atoms with E-state index in [1.807, 2.05) is 30.3 Å². The zero-order chi connectivity index (χ0) is 17.0. The molecule has 0 amide bonds. The number of hydrogen-bond acceptors (Lipinski definition) is 4. The zero-order valence-corrected chi connectivity index (χ0v) is 14.7. The molecule has 0 radical (unpaired) electrons. The highest BCUT2D eigenvalue weighted by Gasteiger charge is 2.25. The minimum Gasteiger partial charge on any atom is -0.507 e. The van der Waals surface area contributed by atoms with Crippen molar-refractivity contribution in [2.75, 3.05) is 13.8 Å². The highest BCUT2D eigenvalue weighted by atomic mass is 31.1. The molecular formula is C18H21O4P. The fraction of sp³-hybridized carbons (Fsp3) is 0.278. The molecule has 2 aromatic carbocycles. The molecule has 0 bridgehead atoms. The molecule has 0 fully saturated rings. The molecule has 0 saturated heterocycles. The van der Waals surface area contributed by atoms with E-state index in [1.54, 1.807) is 19.8 Å². The lowest BCUT2D eigenvalue weighted by Crippen LogP contribution is -2.19. The number of carbonyl (C=O) groups is 1. The second kappa shape index (κ2) is 7.01. The Kier molecular flexibility index (Phi) is 5.27. The number of carbonyl (C=O) groups excluding carboxylic acids is 1. The lowest BCUT2D eigenvalue weighted by atomic mass is 9.77. The molecule has 0 heterocycles. The van der Waals surface area contributed by atoms with E-state index in [9.17, 15) is 9.90 Å². The Hall–Kier alpha value is -2.06. The van der Waals surface area contributed by atoms with E-state index in [0.29, 0.717) is 0 Å². The van der Waals surface area contributed by atoms with Crippen molar-refractivity contribution in [3.63, 3.8) is 0 Å². The van der Waals surface area contributed by atoms with Crippen LogP contribution < -0.4 is 4.74 Å². The highest BCUT2D eigenvalue weighted by Crippen LogP contribution is 2.35. The topological polar surface area (TPSA) is 55.8 Å². The van der Waals surface area contributed by atoms with E-state index in [4.69, 9.17) is 9.26 Å². The van der Waals surface area contributed by atoms with Gasteiger partial charge in [0.15, 0.2) is 0 Å². The molecule has 5 heteroatoms. The summed E-state index contributed by atoms with van der Waals surface area (Å²) in [4.78, 5) is 12.0. The molecule has 2 rings (SSSR count). The lowest BCUT2D eigenvalue weighted by molar-refractivity contribution is 0.0758. The minimum atomic E-state index is -0.504. The first-order valence-electron chi connectivity index (χ1n) is 7.26. The first kappa shape index (κ1) is 17.3. The van der Waals surface area contributed by atoms with E-state index >= 15 is 0 Å². The third-order valence-corrected chi connectivity index (χ3v) is 4.33. The molecule has 0 saturated carbocycles. The fourth-order valence-electron chi connectivity index (χ4n) is 2.41. The van der Waals surface area contributed by atoms with Crippen molar-refractivity contribution in [1.29, 1.82) is 0 Å². The average molecular weight is 332 g/mol. The van der Waals surface area contributed by atoms with Crippen molar-refractivity contribution in [2.45, 2.75) is 19.3 Å². The van der Waals surface area contributed by atoms with Crippen LogP contribution in [0.1, 0.15) is 35.3 Å². The summed E-state index contributed by atoms with van der Waals surface area (Å²) >= 11 is 0. The van der Waals surface area contributed by atoms with Gasteiger partial charge in [0.25, 0.3) is 0 Å². The molecule has 1 atom stereocenters. The number of phenolic OH excluding ortho intramolecular Hbond substituents is 1. The summed E-state index contributed by atoms with van der Waals surface area (Å²) in [5.74, 6) is 0.224. The smallest absolute Gasteiger partial charge is 0.344 e. The van der Waals surface area contributed by atoms with Crippen LogP contribution in [0.3, 0.4) is 0 Å². The van der Waals surface area contributed by atoms with Gasteiger partial charge in [0.1, 0.15) is 17.1 Å². The van der Waals surface area contributed by atoms with Gasteiger partial charge in [-0.1, -0.05) is 32.0 Å². The van der Waals surface area contributed by atoms with E-state index in [1.165, 1.54) is 6.07 Å². The van der Waals surface area contributed by atoms with Crippen LogP contribution in [-0.4, -0.2) is 24.9 Å². The van der Waals surface area contributed by atoms with Gasteiger partial charge in [-0.2, -0.15) is 0 Å². The molecule has 4 nitrogen and oxygen atoms in total. The maximum atomic E-state index is 12.0. The van der Waals surface area contributed by atoms with E-state index in [0.717, 1.165) is 16.9 Å². The number of phenols is 1. The largest absolute Gasteiger partial charge is 0.507 e. The number of methoxy groups -OCH3 is 1. The third-order valence-electron chi connectivity index (χ3n) is 3.94. The van der Waals surface area contributed by atoms with Crippen molar-refractivity contribution in [3.05, 3.63) is 59.2 Å². The van der Waals surface area contributed by atoms with Crippen LogP contribution in [0, 0.1) is 0 Å². The predicted molar refractivity (Wildman–Crippen MR) is 92.9 cm³/mol. The summed E-state index contributed by atoms with van der Waals surface area (Å²) in [5, 5.41) is 9.92. The van der Waals surface area contributed by atoms with Gasteiger partial charge in [-0.15, -0.1) is 0 Å². The minimum absolute atomic E-state index is 0.0401. The van der Waals surface area contributed by atoms with Crippen molar-refractivity contribution < 1.29 is 19.2 Å². The predicted octanol–water partition coefficient (Wildman–Crippen LogP) is 4.11. The van der Waals surface area contributed by atoms with Gasteiger partial charge in [-0.25, -0.2) is 4.79 Å². The Morgan fingerprint density at radius 1 is 1.09 bits per heavy atom. The van der Waals surface area contributed by atoms with Crippen LogP contribution >= 0.6 is 8.81 Å².